The Morgan fingerprint density at radius 3 is 2.57 bits per heavy atom. The highest BCUT2D eigenvalue weighted by atomic mass is 16.5. The Hall–Kier alpha value is -3.88. The summed E-state index contributed by atoms with van der Waals surface area (Å²) >= 11 is 0. The molecule has 1 aromatic carbocycles. The van der Waals surface area contributed by atoms with Gasteiger partial charge >= 0.3 is 0 Å². The molecule has 2 heterocycles. The molecular formula is C26H32N4O5. The van der Waals surface area contributed by atoms with Gasteiger partial charge < -0.3 is 23.8 Å². The van der Waals surface area contributed by atoms with E-state index in [0.717, 1.165) is 5.56 Å². The van der Waals surface area contributed by atoms with Crippen LogP contribution < -0.4 is 9.47 Å². The van der Waals surface area contributed by atoms with Gasteiger partial charge in [0.05, 0.1) is 20.8 Å². The number of hydrogen-bond donors (Lipinski definition) is 0. The Labute approximate surface area is 205 Å². The number of benzene rings is 1. The lowest BCUT2D eigenvalue weighted by molar-refractivity contribution is -0.138. The van der Waals surface area contributed by atoms with Crippen molar-refractivity contribution in [1.82, 2.24) is 19.9 Å². The van der Waals surface area contributed by atoms with Crippen LogP contribution in [-0.4, -0.2) is 72.7 Å². The Balaban J connectivity index is 1.55. The summed E-state index contributed by atoms with van der Waals surface area (Å²) in [6.07, 6.45) is 8.25. The second-order valence-corrected chi connectivity index (χ2v) is 8.31. The van der Waals surface area contributed by atoms with Crippen LogP contribution >= 0.6 is 0 Å². The number of rotatable bonds is 9. The van der Waals surface area contributed by atoms with E-state index in [2.05, 4.69) is 16.7 Å². The van der Waals surface area contributed by atoms with Crippen molar-refractivity contribution in [1.29, 1.82) is 0 Å². The van der Waals surface area contributed by atoms with Gasteiger partial charge in [0.1, 0.15) is 0 Å². The molecule has 9 nitrogen and oxygen atoms in total. The molecule has 0 spiro atoms. The van der Waals surface area contributed by atoms with Gasteiger partial charge in [0.25, 0.3) is 0 Å². The largest absolute Gasteiger partial charge is 0.493 e. The minimum absolute atomic E-state index is 0.0316. The Kier molecular flexibility index (Phi) is 8.83. The zero-order valence-corrected chi connectivity index (χ0v) is 20.7. The second kappa shape index (κ2) is 12.0. The average Bonchev–Trinajstić information content (AvgIpc) is 3.38. The fourth-order valence-electron chi connectivity index (χ4n) is 3.89. The number of carbonyl (C=O) groups excluding carboxylic acids is 2. The summed E-state index contributed by atoms with van der Waals surface area (Å²) in [6, 6.07) is 5.45. The molecule has 1 fully saturated rings. The Morgan fingerprint density at radius 2 is 1.91 bits per heavy atom. The molecule has 186 valence electrons. The molecule has 1 saturated heterocycles. The van der Waals surface area contributed by atoms with Gasteiger partial charge in [-0.15, -0.1) is 0 Å². The van der Waals surface area contributed by atoms with E-state index < -0.39 is 0 Å². The van der Waals surface area contributed by atoms with Crippen molar-refractivity contribution in [2.75, 3.05) is 40.9 Å². The summed E-state index contributed by atoms with van der Waals surface area (Å²) in [5.74, 6) is 2.06. The number of allylic oxidation sites excluding steroid dienone is 4. The zero-order chi connectivity index (χ0) is 25.4. The van der Waals surface area contributed by atoms with Crippen molar-refractivity contribution in [2.24, 2.45) is 0 Å². The molecular weight excluding hydrogens is 448 g/mol. The number of likely N-dealkylation sites (tertiary alicyclic amines) is 1. The fourth-order valence-corrected chi connectivity index (χ4v) is 3.89. The summed E-state index contributed by atoms with van der Waals surface area (Å²) in [5.41, 5.74) is 1.32. The lowest BCUT2D eigenvalue weighted by atomic mass is 9.96. The van der Waals surface area contributed by atoms with Crippen LogP contribution in [0, 0.1) is 0 Å². The highest BCUT2D eigenvalue weighted by molar-refractivity contribution is 5.95. The minimum atomic E-state index is -0.185. The van der Waals surface area contributed by atoms with Crippen LogP contribution in [-0.2, 0) is 9.59 Å². The van der Waals surface area contributed by atoms with E-state index in [1.807, 2.05) is 6.07 Å². The van der Waals surface area contributed by atoms with Gasteiger partial charge in [0, 0.05) is 37.2 Å². The maximum absolute atomic E-state index is 12.8. The number of hydrogen-bond acceptors (Lipinski definition) is 7. The van der Waals surface area contributed by atoms with Crippen molar-refractivity contribution in [3.05, 3.63) is 60.5 Å². The minimum Gasteiger partial charge on any atom is -0.493 e. The topological polar surface area (TPSA) is 98.0 Å². The third kappa shape index (κ3) is 6.38. The second-order valence-electron chi connectivity index (χ2n) is 8.31. The van der Waals surface area contributed by atoms with Gasteiger partial charge in [0.2, 0.25) is 23.5 Å². The summed E-state index contributed by atoms with van der Waals surface area (Å²) in [7, 11) is 4.79. The Morgan fingerprint density at radius 1 is 1.20 bits per heavy atom. The van der Waals surface area contributed by atoms with Crippen molar-refractivity contribution >= 4 is 11.8 Å². The molecule has 9 heteroatoms. The van der Waals surface area contributed by atoms with E-state index >= 15 is 0 Å². The highest BCUT2D eigenvalue weighted by Gasteiger charge is 2.28. The van der Waals surface area contributed by atoms with Crippen LogP contribution in [0.4, 0.5) is 0 Å². The highest BCUT2D eigenvalue weighted by Crippen LogP contribution is 2.33. The number of amides is 2. The van der Waals surface area contributed by atoms with Gasteiger partial charge in [-0.25, -0.2) is 0 Å². The molecule has 0 bridgehead atoms. The molecule has 0 aliphatic carbocycles. The molecule has 0 saturated carbocycles. The first-order chi connectivity index (χ1) is 16.9. The predicted molar refractivity (Wildman–Crippen MR) is 132 cm³/mol. The number of aromatic nitrogens is 2. The molecule has 1 aliphatic heterocycles. The molecule has 3 rings (SSSR count). The van der Waals surface area contributed by atoms with Gasteiger partial charge in [-0.05, 0) is 38.0 Å². The molecule has 0 radical (unpaired) electrons. The molecule has 0 unspecified atom stereocenters. The normalized spacial score (nSPS) is 14.7. The number of ether oxygens (including phenoxy) is 2. The molecule has 1 aliphatic rings. The number of methoxy groups -OCH3 is 2. The first kappa shape index (κ1) is 25.7. The lowest BCUT2D eigenvalue weighted by Crippen LogP contribution is -2.44. The number of carbonyl (C=O) groups is 2. The Bertz CT molecular complexity index is 1110. The zero-order valence-electron chi connectivity index (χ0n) is 20.7. The van der Waals surface area contributed by atoms with Crippen molar-refractivity contribution < 1.29 is 23.6 Å². The SMILES string of the molecule is C=C/C=C\C=C(/C)C(=O)N(C)CC(=O)N1CCC(c2nc(-c3ccc(OC)c(OC)c3)no2)CC1. The van der Waals surface area contributed by atoms with E-state index in [-0.39, 0.29) is 24.3 Å². The van der Waals surface area contributed by atoms with Crippen LogP contribution in [0.1, 0.15) is 31.6 Å². The molecule has 0 atom stereocenters. The van der Waals surface area contributed by atoms with Gasteiger partial charge in [-0.1, -0.05) is 36.0 Å². The average molecular weight is 481 g/mol. The summed E-state index contributed by atoms with van der Waals surface area (Å²) < 4.78 is 16.2. The van der Waals surface area contributed by atoms with Crippen molar-refractivity contribution in [3.8, 4) is 22.9 Å². The number of piperidine rings is 1. The third-order valence-corrected chi connectivity index (χ3v) is 5.93. The lowest BCUT2D eigenvalue weighted by Gasteiger charge is -2.31. The van der Waals surface area contributed by atoms with Crippen LogP contribution in [0.15, 0.2) is 59.2 Å². The van der Waals surface area contributed by atoms with Gasteiger partial charge in [0.15, 0.2) is 11.5 Å². The monoisotopic (exact) mass is 480 g/mol. The van der Waals surface area contributed by atoms with E-state index in [1.165, 1.54) is 4.90 Å². The molecule has 2 amide bonds. The van der Waals surface area contributed by atoms with E-state index in [1.54, 1.807) is 69.5 Å². The van der Waals surface area contributed by atoms with E-state index in [4.69, 9.17) is 14.0 Å². The van der Waals surface area contributed by atoms with Gasteiger partial charge in [-0.3, -0.25) is 9.59 Å². The predicted octanol–water partition coefficient (Wildman–Crippen LogP) is 3.61. The standard InChI is InChI=1S/C26H32N4O5/c1-6-7-8-9-18(2)26(32)29(3)17-23(31)30-14-12-19(13-15-30)25-27-24(28-35-25)20-10-11-21(33-4)22(16-20)34-5/h6-11,16,19H,1,12-15,17H2,2-5H3/b8-7-,18-9+. The molecule has 2 aromatic rings. The van der Waals surface area contributed by atoms with E-state index in [9.17, 15) is 9.59 Å². The summed E-state index contributed by atoms with van der Waals surface area (Å²) in [6.45, 7) is 6.49. The van der Waals surface area contributed by atoms with Gasteiger partial charge in [-0.2, -0.15) is 4.98 Å². The summed E-state index contributed by atoms with van der Waals surface area (Å²) in [4.78, 5) is 33.0. The first-order valence-corrected chi connectivity index (χ1v) is 11.4. The van der Waals surface area contributed by atoms with Crippen LogP contribution in [0.25, 0.3) is 11.4 Å². The maximum atomic E-state index is 12.8. The van der Waals surface area contributed by atoms with Crippen molar-refractivity contribution in [3.63, 3.8) is 0 Å². The van der Waals surface area contributed by atoms with Crippen LogP contribution in [0.3, 0.4) is 0 Å². The number of nitrogens with zero attached hydrogens (tertiary/aromatic N) is 4. The maximum Gasteiger partial charge on any atom is 0.249 e. The molecule has 35 heavy (non-hydrogen) atoms. The first-order valence-electron chi connectivity index (χ1n) is 11.4. The molecule has 1 aromatic heterocycles. The summed E-state index contributed by atoms with van der Waals surface area (Å²) in [5, 5.41) is 4.13. The number of likely N-dealkylation sites (N-methyl/N-ethyl adjacent to an activating group) is 1. The smallest absolute Gasteiger partial charge is 0.249 e. The molecule has 0 N–H and O–H groups in total. The van der Waals surface area contributed by atoms with Crippen LogP contribution in [0.5, 0.6) is 11.5 Å². The van der Waals surface area contributed by atoms with Crippen molar-refractivity contribution in [2.45, 2.75) is 25.7 Å². The third-order valence-electron chi connectivity index (χ3n) is 5.93. The van der Waals surface area contributed by atoms with Crippen LogP contribution in [0.2, 0.25) is 0 Å². The van der Waals surface area contributed by atoms with E-state index in [0.29, 0.717) is 54.7 Å². The quantitative estimate of drug-likeness (QED) is 0.399. The fraction of sp³-hybridized carbons (Fsp3) is 0.385.